The van der Waals surface area contributed by atoms with Gasteiger partial charge in [0.25, 0.3) is 0 Å². The molecule has 0 amide bonds. The maximum absolute atomic E-state index is 10.7. The highest BCUT2D eigenvalue weighted by Gasteiger charge is 2.08. The van der Waals surface area contributed by atoms with Crippen molar-refractivity contribution < 1.29 is 4.79 Å². The maximum Gasteiger partial charge on any atom is 0.127 e. The highest BCUT2D eigenvalue weighted by molar-refractivity contribution is 5.84. The van der Waals surface area contributed by atoms with Gasteiger partial charge in [-0.15, -0.1) is 0 Å². The van der Waals surface area contributed by atoms with Gasteiger partial charge in [-0.1, -0.05) is 43.3 Å². The summed E-state index contributed by atoms with van der Waals surface area (Å²) in [5.74, 6) is -0.0893. The maximum atomic E-state index is 10.7. The molecule has 0 aliphatic heterocycles. The van der Waals surface area contributed by atoms with Gasteiger partial charge in [-0.25, -0.2) is 0 Å². The van der Waals surface area contributed by atoms with E-state index < -0.39 is 0 Å². The molecule has 0 aliphatic carbocycles. The van der Waals surface area contributed by atoms with Crippen molar-refractivity contribution >= 4 is 28.2 Å². The zero-order valence-corrected chi connectivity index (χ0v) is 13.3. The van der Waals surface area contributed by atoms with E-state index in [0.29, 0.717) is 0 Å². The number of carbonyl (C=O) groups is 1. The molecule has 118 valence electrons. The van der Waals surface area contributed by atoms with Gasteiger partial charge in [0.1, 0.15) is 6.29 Å². The molecular formula is C20H17N3O. The summed E-state index contributed by atoms with van der Waals surface area (Å²) >= 11 is 0. The third kappa shape index (κ3) is 3.43. The Morgan fingerprint density at radius 3 is 2.12 bits per heavy atom. The van der Waals surface area contributed by atoms with Gasteiger partial charge in [-0.2, -0.15) is 0 Å². The molecule has 0 N–H and O–H groups in total. The van der Waals surface area contributed by atoms with Crippen LogP contribution in [0.3, 0.4) is 0 Å². The Labute approximate surface area is 140 Å². The number of para-hydroxylation sites is 3. The quantitative estimate of drug-likeness (QED) is 0.521. The van der Waals surface area contributed by atoms with Crippen LogP contribution in [0.15, 0.2) is 73.2 Å². The zero-order valence-electron chi connectivity index (χ0n) is 13.3. The van der Waals surface area contributed by atoms with Crippen molar-refractivity contribution in [3.05, 3.63) is 78.8 Å². The monoisotopic (exact) mass is 315 g/mol. The van der Waals surface area contributed by atoms with Gasteiger partial charge in [-0.05, 0) is 23.8 Å². The molecule has 1 atom stereocenters. The molecule has 24 heavy (non-hydrogen) atoms. The molecule has 4 heteroatoms. The van der Waals surface area contributed by atoms with Crippen LogP contribution in [0.1, 0.15) is 18.4 Å². The van der Waals surface area contributed by atoms with Crippen molar-refractivity contribution in [3.63, 3.8) is 0 Å². The number of fused-ring (bicyclic) bond motifs is 2. The summed E-state index contributed by atoms with van der Waals surface area (Å²) in [5, 5.41) is 1.08. The Morgan fingerprint density at radius 1 is 0.792 bits per heavy atom. The van der Waals surface area contributed by atoms with Crippen molar-refractivity contribution in [1.29, 1.82) is 0 Å². The first-order chi connectivity index (χ1) is 11.8. The summed E-state index contributed by atoms with van der Waals surface area (Å²) in [4.78, 5) is 23.2. The second kappa shape index (κ2) is 7.42. The lowest BCUT2D eigenvalue weighted by atomic mass is 9.99. The molecule has 4 rings (SSSR count). The number of aldehydes is 1. The summed E-state index contributed by atoms with van der Waals surface area (Å²) in [6.45, 7) is 1.89. The topological polar surface area (TPSA) is 55.7 Å². The molecule has 4 nitrogen and oxygen atoms in total. The van der Waals surface area contributed by atoms with Crippen molar-refractivity contribution in [2.45, 2.75) is 12.8 Å². The van der Waals surface area contributed by atoms with E-state index in [4.69, 9.17) is 0 Å². The second-order valence-corrected chi connectivity index (χ2v) is 5.39. The average Bonchev–Trinajstić information content (AvgIpc) is 2.67. The number of nitrogens with zero attached hydrogens (tertiary/aromatic N) is 3. The predicted molar refractivity (Wildman–Crippen MR) is 95.8 cm³/mol. The van der Waals surface area contributed by atoms with E-state index >= 15 is 0 Å². The summed E-state index contributed by atoms with van der Waals surface area (Å²) in [5.41, 5.74) is 3.82. The van der Waals surface area contributed by atoms with E-state index in [2.05, 4.69) is 15.0 Å². The van der Waals surface area contributed by atoms with Gasteiger partial charge < -0.3 is 4.79 Å². The molecule has 0 bridgehead atoms. The Balaban J connectivity index is 0.000000149. The van der Waals surface area contributed by atoms with Crippen LogP contribution in [0.4, 0.5) is 0 Å². The Hall–Kier alpha value is -3.14. The van der Waals surface area contributed by atoms with Gasteiger partial charge >= 0.3 is 0 Å². The smallest absolute Gasteiger partial charge is 0.127 e. The van der Waals surface area contributed by atoms with Crippen molar-refractivity contribution in [1.82, 2.24) is 15.0 Å². The van der Waals surface area contributed by atoms with Crippen LogP contribution >= 0.6 is 0 Å². The molecule has 0 fully saturated rings. The fraction of sp³-hybridized carbons (Fsp3) is 0.100. The third-order valence-electron chi connectivity index (χ3n) is 3.73. The number of carbonyl (C=O) groups excluding carboxylic acids is 1. The number of pyridine rings is 1. The minimum absolute atomic E-state index is 0.0893. The normalized spacial score (nSPS) is 11.5. The first kappa shape index (κ1) is 15.7. The van der Waals surface area contributed by atoms with Gasteiger partial charge in [0.2, 0.25) is 0 Å². The van der Waals surface area contributed by atoms with E-state index in [9.17, 15) is 4.79 Å². The highest BCUT2D eigenvalue weighted by atomic mass is 16.1. The first-order valence-electron chi connectivity index (χ1n) is 7.74. The first-order valence-corrected chi connectivity index (χ1v) is 7.74. The summed E-state index contributed by atoms with van der Waals surface area (Å²) in [6.07, 6.45) is 6.09. The SMILES string of the molecule is CC(C=O)c1cccc2cccnc12.c1ccc2nccnc2c1. The van der Waals surface area contributed by atoms with Crippen LogP contribution < -0.4 is 0 Å². The lowest BCUT2D eigenvalue weighted by Gasteiger charge is -2.06. The molecule has 0 radical (unpaired) electrons. The zero-order chi connectivity index (χ0) is 16.8. The van der Waals surface area contributed by atoms with Crippen LogP contribution in [-0.2, 0) is 4.79 Å². The fourth-order valence-electron chi connectivity index (χ4n) is 2.48. The molecule has 0 aliphatic rings. The molecule has 4 aromatic rings. The van der Waals surface area contributed by atoms with E-state index in [1.54, 1.807) is 18.6 Å². The minimum atomic E-state index is -0.0893. The standard InChI is InChI=1S/C12H11NO.C8H6N2/c1-9(8-14)11-6-2-4-10-5-3-7-13-12(10)11;1-2-4-8-7(3-1)9-5-6-10-8/h2-9H,1H3;1-6H. The van der Waals surface area contributed by atoms with Crippen LogP contribution in [0.25, 0.3) is 21.9 Å². The van der Waals surface area contributed by atoms with Gasteiger partial charge in [-0.3, -0.25) is 15.0 Å². The van der Waals surface area contributed by atoms with Crippen molar-refractivity contribution in [3.8, 4) is 0 Å². The van der Waals surface area contributed by atoms with E-state index in [-0.39, 0.29) is 5.92 Å². The number of rotatable bonds is 2. The van der Waals surface area contributed by atoms with Crippen LogP contribution in [0.5, 0.6) is 0 Å². The van der Waals surface area contributed by atoms with Gasteiger partial charge in [0, 0.05) is 29.9 Å². The molecule has 2 aromatic carbocycles. The summed E-state index contributed by atoms with van der Waals surface area (Å²) in [7, 11) is 0. The Kier molecular flexibility index (Phi) is 4.87. The molecule has 0 saturated heterocycles. The summed E-state index contributed by atoms with van der Waals surface area (Å²) in [6, 6.07) is 17.6. The van der Waals surface area contributed by atoms with Crippen LogP contribution in [0, 0.1) is 0 Å². The molecule has 0 spiro atoms. The summed E-state index contributed by atoms with van der Waals surface area (Å²) < 4.78 is 0. The molecule has 1 unspecified atom stereocenters. The lowest BCUT2D eigenvalue weighted by Crippen LogP contribution is -1.96. The second-order valence-electron chi connectivity index (χ2n) is 5.39. The fourth-order valence-corrected chi connectivity index (χ4v) is 2.48. The van der Waals surface area contributed by atoms with E-state index in [0.717, 1.165) is 33.8 Å². The van der Waals surface area contributed by atoms with Gasteiger partial charge in [0.15, 0.2) is 0 Å². The van der Waals surface area contributed by atoms with Crippen molar-refractivity contribution in [2.75, 3.05) is 0 Å². The average molecular weight is 315 g/mol. The van der Waals surface area contributed by atoms with Crippen LogP contribution in [0.2, 0.25) is 0 Å². The van der Waals surface area contributed by atoms with E-state index in [1.165, 1.54) is 0 Å². The molecular weight excluding hydrogens is 298 g/mol. The predicted octanol–water partition coefficient (Wildman–Crippen LogP) is 4.17. The molecule has 2 heterocycles. The number of hydrogen-bond donors (Lipinski definition) is 0. The highest BCUT2D eigenvalue weighted by Crippen LogP contribution is 2.21. The van der Waals surface area contributed by atoms with E-state index in [1.807, 2.05) is 61.5 Å². The lowest BCUT2D eigenvalue weighted by molar-refractivity contribution is -0.108. The largest absolute Gasteiger partial charge is 0.303 e. The molecule has 0 saturated carbocycles. The van der Waals surface area contributed by atoms with Crippen LogP contribution in [-0.4, -0.2) is 21.2 Å². The number of aromatic nitrogens is 3. The minimum Gasteiger partial charge on any atom is -0.303 e. The Bertz CT molecular complexity index is 898. The molecule has 2 aromatic heterocycles. The third-order valence-corrected chi connectivity index (χ3v) is 3.73. The van der Waals surface area contributed by atoms with Crippen molar-refractivity contribution in [2.24, 2.45) is 0 Å². The van der Waals surface area contributed by atoms with Gasteiger partial charge in [0.05, 0.1) is 16.6 Å². The number of hydrogen-bond acceptors (Lipinski definition) is 4. The number of benzene rings is 2. The Morgan fingerprint density at radius 2 is 1.46 bits per heavy atom.